The Morgan fingerprint density at radius 2 is 1.95 bits per heavy atom. The number of anilines is 2. The number of carbonyl (C=O) groups is 1. The quantitative estimate of drug-likeness (QED) is 0.317. The monoisotopic (exact) mass is 534 g/mol. The topological polar surface area (TPSA) is 144 Å². The number of nitrogens with one attached hydrogen (secondary N) is 1. The van der Waals surface area contributed by atoms with Crippen LogP contribution in [-0.4, -0.2) is 40.6 Å². The Hall–Kier alpha value is -4.71. The molecule has 0 saturated carbocycles. The van der Waals surface area contributed by atoms with Gasteiger partial charge in [-0.15, -0.1) is 0 Å². The van der Waals surface area contributed by atoms with Crippen molar-refractivity contribution in [1.29, 1.82) is 0 Å². The highest BCUT2D eigenvalue weighted by Crippen LogP contribution is 2.46. The Morgan fingerprint density at radius 1 is 1.16 bits per heavy atom. The predicted molar refractivity (Wildman–Crippen MR) is 134 cm³/mol. The molecule has 2 aromatic carbocycles. The molecule has 6 rings (SSSR count). The van der Waals surface area contributed by atoms with Gasteiger partial charge < -0.3 is 16.2 Å². The summed E-state index contributed by atoms with van der Waals surface area (Å²) >= 11 is 5.75. The number of carbonyl (C=O) groups excluding carboxylic acids is 1. The highest BCUT2D eigenvalue weighted by molar-refractivity contribution is 6.32. The van der Waals surface area contributed by atoms with Crippen LogP contribution >= 0.6 is 11.6 Å². The van der Waals surface area contributed by atoms with E-state index in [1.165, 1.54) is 36.1 Å². The third-order valence-corrected chi connectivity index (χ3v) is 6.96. The number of aromatic nitrogens is 6. The zero-order valence-corrected chi connectivity index (χ0v) is 20.3. The number of nitrogens with two attached hydrogens (primary N) is 1. The Kier molecular flexibility index (Phi) is 5.24. The average molecular weight is 535 g/mol. The molecule has 5 aromatic rings. The molecule has 1 aliphatic heterocycles. The van der Waals surface area contributed by atoms with Crippen LogP contribution in [0.1, 0.15) is 29.3 Å². The second-order valence-electron chi connectivity index (χ2n) is 8.90. The van der Waals surface area contributed by atoms with E-state index in [1.807, 2.05) is 0 Å². The van der Waals surface area contributed by atoms with Crippen LogP contribution in [0.3, 0.4) is 0 Å². The first-order valence-electron chi connectivity index (χ1n) is 11.3. The van der Waals surface area contributed by atoms with Crippen molar-refractivity contribution in [3.8, 4) is 17.3 Å². The van der Waals surface area contributed by atoms with E-state index in [9.17, 15) is 18.7 Å². The van der Waals surface area contributed by atoms with Gasteiger partial charge in [-0.2, -0.15) is 5.10 Å². The van der Waals surface area contributed by atoms with Gasteiger partial charge in [-0.25, -0.2) is 33.2 Å². The summed E-state index contributed by atoms with van der Waals surface area (Å²) < 4.78 is 30.2. The minimum atomic E-state index is -1.51. The van der Waals surface area contributed by atoms with Gasteiger partial charge in [-0.1, -0.05) is 29.8 Å². The summed E-state index contributed by atoms with van der Waals surface area (Å²) in [4.78, 5) is 30.8. The van der Waals surface area contributed by atoms with Gasteiger partial charge in [0.2, 0.25) is 5.91 Å². The Labute approximate surface area is 218 Å². The van der Waals surface area contributed by atoms with E-state index in [0.717, 1.165) is 6.07 Å². The first-order chi connectivity index (χ1) is 18.2. The maximum atomic E-state index is 14.4. The van der Waals surface area contributed by atoms with Crippen LogP contribution in [-0.2, 0) is 16.6 Å². The first kappa shape index (κ1) is 23.7. The molecule has 10 nitrogen and oxygen atoms in total. The number of phenols is 1. The van der Waals surface area contributed by atoms with Gasteiger partial charge in [-0.3, -0.25) is 4.79 Å². The molecular formula is C25H17ClF2N8O2. The van der Waals surface area contributed by atoms with Gasteiger partial charge in [0.05, 0.1) is 17.5 Å². The van der Waals surface area contributed by atoms with Gasteiger partial charge in [0.15, 0.2) is 11.5 Å². The highest BCUT2D eigenvalue weighted by Gasteiger charge is 2.48. The van der Waals surface area contributed by atoms with Crippen molar-refractivity contribution in [2.45, 2.75) is 18.8 Å². The van der Waals surface area contributed by atoms with E-state index in [-0.39, 0.29) is 46.5 Å². The molecule has 0 saturated heterocycles. The van der Waals surface area contributed by atoms with Gasteiger partial charge >= 0.3 is 0 Å². The summed E-state index contributed by atoms with van der Waals surface area (Å²) in [5.41, 5.74) is 6.66. The van der Waals surface area contributed by atoms with Crippen LogP contribution in [0.25, 0.3) is 17.2 Å². The zero-order valence-electron chi connectivity index (χ0n) is 19.6. The van der Waals surface area contributed by atoms with Crippen molar-refractivity contribution in [1.82, 2.24) is 29.5 Å². The normalized spacial score (nSPS) is 16.6. The number of hydrogen-bond donors (Lipinski definition) is 3. The summed E-state index contributed by atoms with van der Waals surface area (Å²) in [5.74, 6) is -2.24. The molecule has 0 fully saturated rings. The third kappa shape index (κ3) is 3.52. The van der Waals surface area contributed by atoms with Crippen molar-refractivity contribution >= 4 is 34.8 Å². The van der Waals surface area contributed by atoms with Gasteiger partial charge in [0.25, 0.3) is 0 Å². The number of rotatable bonds is 4. The maximum Gasteiger partial charge on any atom is 0.240 e. The number of halogens is 3. The molecule has 3 aromatic heterocycles. The lowest BCUT2D eigenvalue weighted by Crippen LogP contribution is -2.33. The molecule has 13 heteroatoms. The Bertz CT molecular complexity index is 1770. The second-order valence-corrected chi connectivity index (χ2v) is 9.27. The van der Waals surface area contributed by atoms with Gasteiger partial charge in [0, 0.05) is 6.42 Å². The number of hydrogen-bond acceptors (Lipinski definition) is 8. The van der Waals surface area contributed by atoms with Crippen molar-refractivity contribution in [3.05, 3.63) is 88.0 Å². The number of nitrogen functional groups attached to an aromatic ring is 1. The fourth-order valence-electron chi connectivity index (χ4n) is 4.60. The van der Waals surface area contributed by atoms with Gasteiger partial charge in [0.1, 0.15) is 51.5 Å². The largest absolute Gasteiger partial charge is 0.506 e. The summed E-state index contributed by atoms with van der Waals surface area (Å²) in [6.45, 7) is 1.52. The molecule has 4 heterocycles. The van der Waals surface area contributed by atoms with Crippen LogP contribution in [0.15, 0.2) is 48.9 Å². The number of phenolic OH excluding ortho intramolecular Hbond substituents is 1. The molecule has 190 valence electrons. The van der Waals surface area contributed by atoms with E-state index < -0.39 is 27.9 Å². The third-order valence-electron chi connectivity index (χ3n) is 6.59. The van der Waals surface area contributed by atoms with Crippen molar-refractivity contribution < 1.29 is 18.7 Å². The molecule has 1 aliphatic rings. The maximum absolute atomic E-state index is 14.4. The number of aromatic hydroxyl groups is 1. The summed E-state index contributed by atoms with van der Waals surface area (Å²) in [6.07, 6.45) is 3.01. The van der Waals surface area contributed by atoms with Crippen LogP contribution in [0, 0.1) is 11.6 Å². The summed E-state index contributed by atoms with van der Waals surface area (Å²) in [7, 11) is 0. The average Bonchev–Trinajstić information content (AvgIpc) is 3.46. The first-order valence-corrected chi connectivity index (χ1v) is 11.7. The molecule has 0 radical (unpaired) electrons. The minimum absolute atomic E-state index is 0.0585. The Morgan fingerprint density at radius 3 is 2.71 bits per heavy atom. The highest BCUT2D eigenvalue weighted by atomic mass is 35.5. The van der Waals surface area contributed by atoms with Crippen LogP contribution in [0.4, 0.5) is 20.4 Å². The number of nitrogens with zero attached hydrogens (tertiary/aromatic N) is 6. The smallest absolute Gasteiger partial charge is 0.240 e. The minimum Gasteiger partial charge on any atom is -0.506 e. The molecule has 0 aliphatic carbocycles. The molecule has 0 unspecified atom stereocenters. The number of amides is 1. The van der Waals surface area contributed by atoms with Crippen molar-refractivity contribution in [2.75, 3.05) is 11.1 Å². The van der Waals surface area contributed by atoms with E-state index in [1.54, 1.807) is 18.2 Å². The van der Waals surface area contributed by atoms with E-state index in [0.29, 0.717) is 16.9 Å². The Balaban J connectivity index is 1.47. The van der Waals surface area contributed by atoms with Crippen molar-refractivity contribution in [2.24, 2.45) is 0 Å². The van der Waals surface area contributed by atoms with E-state index >= 15 is 0 Å². The van der Waals surface area contributed by atoms with Gasteiger partial charge in [-0.05, 0) is 36.2 Å². The van der Waals surface area contributed by atoms with Crippen molar-refractivity contribution in [3.63, 3.8) is 0 Å². The van der Waals surface area contributed by atoms with Crippen LogP contribution in [0.5, 0.6) is 5.75 Å². The molecule has 1 atom stereocenters. The molecule has 1 amide bonds. The number of benzene rings is 2. The van der Waals surface area contributed by atoms with Crippen LogP contribution in [0.2, 0.25) is 5.02 Å². The van der Waals surface area contributed by atoms with Crippen LogP contribution < -0.4 is 11.1 Å². The summed E-state index contributed by atoms with van der Waals surface area (Å²) in [6, 6.07) is 8.57. The molecule has 0 bridgehead atoms. The molecular weight excluding hydrogens is 518 g/mol. The lowest BCUT2D eigenvalue weighted by Gasteiger charge is -2.24. The zero-order chi connectivity index (χ0) is 26.8. The summed E-state index contributed by atoms with van der Waals surface area (Å²) in [5, 5.41) is 16.4. The lowest BCUT2D eigenvalue weighted by molar-refractivity contribution is -0.119. The fraction of sp³-hybridized carbons (Fsp3) is 0.120. The predicted octanol–water partition coefficient (Wildman–Crippen LogP) is 3.65. The SMILES string of the molecule is C[C@]1(c2cc(O)c(Cl)c(F)c2)C(=O)Nc2nc(-c3cn4ncnc4c(Cc4ccccc4F)n3)nc(N)c21. The second kappa shape index (κ2) is 8.42. The molecule has 0 spiro atoms. The standard InChI is InChI=1S/C25H17ClF2N8O2/c1-25(12-7-14(28)19(26)17(37)8-12)18-20(29)33-21(34-22(18)35-24(25)38)16-9-36-23(30-10-31-36)15(32-16)6-11-4-2-3-5-13(11)27/h2-5,7-10,37H,6H2,1H3,(H3,29,33,34,35,38)/t25-/m1/s1. The van der Waals surface area contributed by atoms with E-state index in [4.69, 9.17) is 17.3 Å². The number of fused-ring (bicyclic) bond motifs is 2. The van der Waals surface area contributed by atoms with E-state index in [2.05, 4.69) is 30.4 Å². The molecule has 38 heavy (non-hydrogen) atoms. The fourth-order valence-corrected chi connectivity index (χ4v) is 4.71. The lowest BCUT2D eigenvalue weighted by atomic mass is 9.77. The molecule has 4 N–H and O–H groups in total.